The summed E-state index contributed by atoms with van der Waals surface area (Å²) in [5, 5.41) is 20.1. The summed E-state index contributed by atoms with van der Waals surface area (Å²) in [4.78, 5) is 12.7. The lowest BCUT2D eigenvalue weighted by atomic mass is 9.83. The molecule has 0 saturated heterocycles. The molecule has 1 aliphatic carbocycles. The first-order valence-electron chi connectivity index (χ1n) is 8.47. The van der Waals surface area contributed by atoms with Crippen LogP contribution in [0.4, 0.5) is 0 Å². The van der Waals surface area contributed by atoms with Crippen molar-refractivity contribution in [3.63, 3.8) is 0 Å². The molecule has 1 spiro atoms. The molecular weight excluding hydrogens is 356 g/mol. The van der Waals surface area contributed by atoms with Crippen LogP contribution < -0.4 is 5.73 Å². The van der Waals surface area contributed by atoms with Gasteiger partial charge in [-0.15, -0.1) is 0 Å². The Hall–Kier alpha value is -2.53. The van der Waals surface area contributed by atoms with E-state index in [9.17, 15) is 15.2 Å². The van der Waals surface area contributed by atoms with Crippen LogP contribution >= 0.6 is 12.2 Å². The Morgan fingerprint density at radius 2 is 2.04 bits per heavy atom. The fourth-order valence-electron chi connectivity index (χ4n) is 3.51. The number of aliphatic hydroxyl groups is 1. The van der Waals surface area contributed by atoms with Gasteiger partial charge in [-0.2, -0.15) is 5.26 Å². The van der Waals surface area contributed by atoms with Crippen molar-refractivity contribution in [3.8, 4) is 6.07 Å². The molecule has 2 unspecified atom stereocenters. The highest BCUT2D eigenvalue weighted by Gasteiger charge is 2.49. The van der Waals surface area contributed by atoms with Crippen molar-refractivity contribution in [3.05, 3.63) is 35.2 Å². The number of esters is 1. The number of nitriles is 1. The first-order chi connectivity index (χ1) is 12.4. The molecule has 0 aromatic carbocycles. The average Bonchev–Trinajstić information content (AvgIpc) is 3.00. The van der Waals surface area contributed by atoms with E-state index < -0.39 is 29.5 Å². The topological polar surface area (TPSA) is 119 Å². The van der Waals surface area contributed by atoms with Crippen molar-refractivity contribution in [2.45, 2.75) is 50.7 Å². The number of ether oxygens (including phenoxy) is 2. The SMILES string of the molecule is Cc1ccc(C(C2=C(O)OC3(CCCCC3)OC2=O)C(C#N)C(N)=S)o1. The number of rotatable bonds is 4. The zero-order valence-electron chi connectivity index (χ0n) is 14.4. The Balaban J connectivity index is 2.05. The van der Waals surface area contributed by atoms with Gasteiger partial charge in [-0.25, -0.2) is 4.79 Å². The third kappa shape index (κ3) is 3.27. The monoisotopic (exact) mass is 376 g/mol. The number of aliphatic hydroxyl groups excluding tert-OH is 1. The Bertz CT molecular complexity index is 801. The van der Waals surface area contributed by atoms with Crippen LogP contribution in [-0.4, -0.2) is 21.9 Å². The van der Waals surface area contributed by atoms with Gasteiger partial charge in [-0.3, -0.25) is 0 Å². The molecule has 3 rings (SSSR count). The molecule has 3 N–H and O–H groups in total. The zero-order chi connectivity index (χ0) is 18.9. The number of carbonyl (C=O) groups excluding carboxylic acids is 1. The predicted molar refractivity (Wildman–Crippen MR) is 94.7 cm³/mol. The van der Waals surface area contributed by atoms with E-state index >= 15 is 0 Å². The lowest BCUT2D eigenvalue weighted by molar-refractivity contribution is -0.250. The van der Waals surface area contributed by atoms with E-state index in [0.717, 1.165) is 19.3 Å². The normalized spacial score (nSPS) is 21.5. The van der Waals surface area contributed by atoms with Crippen LogP contribution in [0, 0.1) is 24.2 Å². The molecule has 1 aliphatic heterocycles. The van der Waals surface area contributed by atoms with Gasteiger partial charge in [0.15, 0.2) is 0 Å². The van der Waals surface area contributed by atoms with Crippen molar-refractivity contribution in [2.24, 2.45) is 11.7 Å². The molecule has 1 fully saturated rings. The van der Waals surface area contributed by atoms with Crippen LogP contribution in [0.2, 0.25) is 0 Å². The van der Waals surface area contributed by atoms with Crippen LogP contribution in [0.1, 0.15) is 49.5 Å². The van der Waals surface area contributed by atoms with Crippen molar-refractivity contribution in [2.75, 3.05) is 0 Å². The van der Waals surface area contributed by atoms with Gasteiger partial charge >= 0.3 is 5.97 Å². The van der Waals surface area contributed by atoms with Crippen molar-refractivity contribution in [1.29, 1.82) is 5.26 Å². The minimum atomic E-state index is -1.14. The molecule has 2 aliphatic rings. The number of aryl methyl sites for hydroxylation is 1. The maximum Gasteiger partial charge on any atom is 0.345 e. The molecular formula is C18H20N2O5S. The largest absolute Gasteiger partial charge is 0.480 e. The second-order valence-corrected chi connectivity index (χ2v) is 7.09. The van der Waals surface area contributed by atoms with Crippen LogP contribution in [0.3, 0.4) is 0 Å². The van der Waals surface area contributed by atoms with Gasteiger partial charge in [0.25, 0.3) is 11.7 Å². The average molecular weight is 376 g/mol. The summed E-state index contributed by atoms with van der Waals surface area (Å²) < 4.78 is 16.8. The quantitative estimate of drug-likeness (QED) is 0.608. The Labute approximate surface area is 156 Å². The van der Waals surface area contributed by atoms with Gasteiger partial charge < -0.3 is 24.7 Å². The Kier molecular flexibility index (Phi) is 4.92. The highest BCUT2D eigenvalue weighted by Crippen LogP contribution is 2.43. The summed E-state index contributed by atoms with van der Waals surface area (Å²) in [6.07, 6.45) is 3.72. The van der Waals surface area contributed by atoms with Crippen LogP contribution in [0.15, 0.2) is 28.1 Å². The summed E-state index contributed by atoms with van der Waals surface area (Å²) >= 11 is 4.98. The molecule has 1 saturated carbocycles. The van der Waals surface area contributed by atoms with Gasteiger partial charge in [0.1, 0.15) is 23.0 Å². The van der Waals surface area contributed by atoms with E-state index in [4.69, 9.17) is 31.8 Å². The molecule has 26 heavy (non-hydrogen) atoms. The van der Waals surface area contributed by atoms with E-state index in [1.807, 2.05) is 6.07 Å². The van der Waals surface area contributed by atoms with E-state index in [1.165, 1.54) is 0 Å². The second-order valence-electron chi connectivity index (χ2n) is 6.62. The fraction of sp³-hybridized carbons (Fsp3) is 0.500. The first-order valence-corrected chi connectivity index (χ1v) is 8.88. The highest BCUT2D eigenvalue weighted by molar-refractivity contribution is 7.80. The zero-order valence-corrected chi connectivity index (χ0v) is 15.2. The number of nitrogens with two attached hydrogens (primary N) is 1. The predicted octanol–water partition coefficient (Wildman–Crippen LogP) is 3.10. The molecule has 1 aromatic heterocycles. The molecule has 0 bridgehead atoms. The van der Waals surface area contributed by atoms with Crippen molar-refractivity contribution >= 4 is 23.2 Å². The molecule has 0 amide bonds. The smallest absolute Gasteiger partial charge is 0.345 e. The lowest BCUT2D eigenvalue weighted by Gasteiger charge is -2.40. The van der Waals surface area contributed by atoms with Crippen molar-refractivity contribution in [1.82, 2.24) is 0 Å². The number of hydrogen-bond donors (Lipinski definition) is 2. The van der Waals surface area contributed by atoms with E-state index in [1.54, 1.807) is 19.1 Å². The van der Waals surface area contributed by atoms with Gasteiger partial charge in [0, 0.05) is 12.8 Å². The van der Waals surface area contributed by atoms with Gasteiger partial charge in [0.2, 0.25) is 0 Å². The highest BCUT2D eigenvalue weighted by atomic mass is 32.1. The minimum absolute atomic E-state index is 0.113. The molecule has 138 valence electrons. The van der Waals surface area contributed by atoms with E-state index in [2.05, 4.69) is 0 Å². The minimum Gasteiger partial charge on any atom is -0.480 e. The molecule has 2 atom stereocenters. The number of furan rings is 1. The van der Waals surface area contributed by atoms with Crippen molar-refractivity contribution < 1.29 is 23.8 Å². The van der Waals surface area contributed by atoms with Gasteiger partial charge in [-0.1, -0.05) is 18.6 Å². The van der Waals surface area contributed by atoms with E-state index in [-0.39, 0.29) is 16.3 Å². The van der Waals surface area contributed by atoms with Gasteiger partial charge in [-0.05, 0) is 31.9 Å². The summed E-state index contributed by atoms with van der Waals surface area (Å²) in [7, 11) is 0. The van der Waals surface area contributed by atoms with Gasteiger partial charge in [0.05, 0.1) is 17.0 Å². The third-order valence-electron chi connectivity index (χ3n) is 4.78. The second kappa shape index (κ2) is 7.00. The summed E-state index contributed by atoms with van der Waals surface area (Å²) in [6.45, 7) is 1.73. The number of thiocarbonyl (C=S) groups is 1. The molecule has 7 nitrogen and oxygen atoms in total. The fourth-order valence-corrected chi connectivity index (χ4v) is 3.70. The molecule has 2 heterocycles. The number of carbonyl (C=O) groups is 1. The lowest BCUT2D eigenvalue weighted by Crippen LogP contribution is -2.45. The molecule has 1 aromatic rings. The Morgan fingerprint density at radius 3 is 2.54 bits per heavy atom. The van der Waals surface area contributed by atoms with Crippen LogP contribution in [0.25, 0.3) is 0 Å². The molecule has 0 radical (unpaired) electrons. The summed E-state index contributed by atoms with van der Waals surface area (Å²) in [5.74, 6) is -3.66. The maximum atomic E-state index is 12.8. The van der Waals surface area contributed by atoms with E-state index in [0.29, 0.717) is 18.6 Å². The van der Waals surface area contributed by atoms with Crippen LogP contribution in [0.5, 0.6) is 0 Å². The number of hydrogen-bond acceptors (Lipinski definition) is 7. The maximum absolute atomic E-state index is 12.8. The number of nitrogens with zero attached hydrogens (tertiary/aromatic N) is 1. The summed E-state index contributed by atoms with van der Waals surface area (Å²) in [6, 6.07) is 5.28. The third-order valence-corrected chi connectivity index (χ3v) is 5.04. The summed E-state index contributed by atoms with van der Waals surface area (Å²) in [5.41, 5.74) is 5.50. The Morgan fingerprint density at radius 1 is 1.35 bits per heavy atom. The first kappa shape index (κ1) is 18.3. The van der Waals surface area contributed by atoms with Crippen LogP contribution in [-0.2, 0) is 14.3 Å². The molecule has 8 heteroatoms. The standard InChI is InChI=1S/C18H20N2O5S/c1-10-5-6-12(23-10)13(11(9-19)15(20)26)14-16(21)24-18(25-17(14)22)7-3-2-4-8-18/h5-6,11,13,21H,2-4,7-8H2,1H3,(H2,20,26).